The molecule has 8 nitrogen and oxygen atoms in total. The summed E-state index contributed by atoms with van der Waals surface area (Å²) in [6.07, 6.45) is 0. The number of aromatic nitrogens is 2. The molecule has 0 amide bonds. The van der Waals surface area contributed by atoms with E-state index in [1.807, 2.05) is 12.1 Å². The summed E-state index contributed by atoms with van der Waals surface area (Å²) in [6, 6.07) is 9.81. The summed E-state index contributed by atoms with van der Waals surface area (Å²) in [5, 5.41) is 24.7. The van der Waals surface area contributed by atoms with Crippen LogP contribution in [0.15, 0.2) is 45.4 Å². The first-order valence-electron chi connectivity index (χ1n) is 6.65. The Morgan fingerprint density at radius 2 is 1.96 bits per heavy atom. The van der Waals surface area contributed by atoms with Crippen molar-refractivity contribution in [2.45, 2.75) is 0 Å². The van der Waals surface area contributed by atoms with Crippen LogP contribution in [0.1, 0.15) is 0 Å². The number of hydrogen-bond acceptors (Lipinski definition) is 7. The number of nitro groups is 1. The predicted octanol–water partition coefficient (Wildman–Crippen LogP) is 3.79. The summed E-state index contributed by atoms with van der Waals surface area (Å²) in [4.78, 5) is 14.6. The van der Waals surface area contributed by atoms with Gasteiger partial charge in [0, 0.05) is 16.1 Å². The SMILES string of the molecule is COc1cc(-c2nc(-c3ccc(Br)cc3)no2)cc([N+](=O)[O-])c1O. The van der Waals surface area contributed by atoms with Crippen LogP contribution in [0.2, 0.25) is 0 Å². The molecule has 0 saturated heterocycles. The van der Waals surface area contributed by atoms with E-state index in [4.69, 9.17) is 9.26 Å². The molecule has 0 aliphatic heterocycles. The quantitative estimate of drug-likeness (QED) is 0.531. The third kappa shape index (κ3) is 2.93. The molecule has 0 atom stereocenters. The molecule has 3 rings (SSSR count). The van der Waals surface area contributed by atoms with Gasteiger partial charge in [-0.3, -0.25) is 10.1 Å². The summed E-state index contributed by atoms with van der Waals surface area (Å²) in [7, 11) is 1.30. The molecule has 1 aromatic heterocycles. The van der Waals surface area contributed by atoms with Crippen molar-refractivity contribution in [2.75, 3.05) is 7.11 Å². The molecule has 0 aliphatic carbocycles. The number of hydrogen-bond donors (Lipinski definition) is 1. The molecule has 9 heteroatoms. The van der Waals surface area contributed by atoms with Crippen molar-refractivity contribution >= 4 is 21.6 Å². The van der Waals surface area contributed by atoms with E-state index in [1.165, 1.54) is 13.2 Å². The van der Waals surface area contributed by atoms with Gasteiger partial charge >= 0.3 is 5.69 Å². The van der Waals surface area contributed by atoms with Crippen molar-refractivity contribution in [3.63, 3.8) is 0 Å². The lowest BCUT2D eigenvalue weighted by Gasteiger charge is -2.05. The van der Waals surface area contributed by atoms with Gasteiger partial charge in [-0.05, 0) is 30.3 Å². The maximum absolute atomic E-state index is 11.1. The highest BCUT2D eigenvalue weighted by Gasteiger charge is 2.23. The van der Waals surface area contributed by atoms with Crippen LogP contribution >= 0.6 is 15.9 Å². The van der Waals surface area contributed by atoms with Crippen LogP contribution in [0.3, 0.4) is 0 Å². The highest BCUT2D eigenvalue weighted by atomic mass is 79.9. The summed E-state index contributed by atoms with van der Waals surface area (Å²) >= 11 is 3.34. The number of phenols is 1. The molecule has 0 spiro atoms. The number of benzene rings is 2. The topological polar surface area (TPSA) is 112 Å². The fourth-order valence-electron chi connectivity index (χ4n) is 2.07. The van der Waals surface area contributed by atoms with Crippen LogP contribution in [-0.4, -0.2) is 27.3 Å². The molecule has 24 heavy (non-hydrogen) atoms. The van der Waals surface area contributed by atoms with Crippen LogP contribution < -0.4 is 4.74 Å². The summed E-state index contributed by atoms with van der Waals surface area (Å²) in [5.41, 5.74) is 0.494. The standard InChI is InChI=1S/C15H10BrN3O5/c1-23-12-7-9(6-11(13(12)20)19(21)22)15-17-14(18-24-15)8-2-4-10(16)5-3-8/h2-7,20H,1H3. The van der Waals surface area contributed by atoms with Crippen molar-refractivity contribution in [1.29, 1.82) is 0 Å². The van der Waals surface area contributed by atoms with Crippen LogP contribution in [0.4, 0.5) is 5.69 Å². The number of halogens is 1. The van der Waals surface area contributed by atoms with Gasteiger partial charge in [-0.2, -0.15) is 4.98 Å². The molecule has 0 aliphatic rings. The Balaban J connectivity index is 2.05. The van der Waals surface area contributed by atoms with Gasteiger partial charge in [0.15, 0.2) is 5.75 Å². The minimum atomic E-state index is -0.715. The minimum absolute atomic E-state index is 0.0532. The highest BCUT2D eigenvalue weighted by Crippen LogP contribution is 2.39. The summed E-state index contributed by atoms with van der Waals surface area (Å²) < 4.78 is 11.0. The van der Waals surface area contributed by atoms with E-state index in [-0.39, 0.29) is 17.2 Å². The average molecular weight is 392 g/mol. The molecule has 0 bridgehead atoms. The van der Waals surface area contributed by atoms with Crippen LogP contribution in [-0.2, 0) is 0 Å². The Hall–Kier alpha value is -2.94. The monoisotopic (exact) mass is 391 g/mol. The van der Waals surface area contributed by atoms with Crippen molar-refractivity contribution < 1.29 is 19.3 Å². The third-order valence-electron chi connectivity index (χ3n) is 3.25. The first kappa shape index (κ1) is 15.9. The van der Waals surface area contributed by atoms with Crippen LogP contribution in [0.25, 0.3) is 22.8 Å². The van der Waals surface area contributed by atoms with Crippen molar-refractivity contribution in [2.24, 2.45) is 0 Å². The summed E-state index contributed by atoms with van der Waals surface area (Å²) in [6.45, 7) is 0. The minimum Gasteiger partial charge on any atom is -0.500 e. The van der Waals surface area contributed by atoms with Crippen LogP contribution in [0.5, 0.6) is 11.5 Å². The number of aromatic hydroxyl groups is 1. The van der Waals surface area contributed by atoms with E-state index in [1.54, 1.807) is 12.1 Å². The smallest absolute Gasteiger partial charge is 0.315 e. The first-order valence-corrected chi connectivity index (χ1v) is 7.44. The lowest BCUT2D eigenvalue weighted by atomic mass is 10.1. The lowest BCUT2D eigenvalue weighted by Crippen LogP contribution is -1.93. The Morgan fingerprint density at radius 3 is 2.58 bits per heavy atom. The lowest BCUT2D eigenvalue weighted by molar-refractivity contribution is -0.385. The van der Waals surface area contributed by atoms with Gasteiger partial charge in [-0.15, -0.1) is 0 Å². The second-order valence-corrected chi connectivity index (χ2v) is 5.65. The predicted molar refractivity (Wildman–Crippen MR) is 87.7 cm³/mol. The molecule has 122 valence electrons. The maximum atomic E-state index is 11.1. The zero-order chi connectivity index (χ0) is 17.3. The zero-order valence-electron chi connectivity index (χ0n) is 12.3. The maximum Gasteiger partial charge on any atom is 0.315 e. The normalized spacial score (nSPS) is 10.6. The molecule has 0 radical (unpaired) electrons. The van der Waals surface area contributed by atoms with Gasteiger partial charge in [0.05, 0.1) is 17.6 Å². The molecule has 1 heterocycles. The van der Waals surface area contributed by atoms with Gasteiger partial charge in [0.1, 0.15) is 0 Å². The fraction of sp³-hybridized carbons (Fsp3) is 0.0667. The van der Waals surface area contributed by atoms with Crippen molar-refractivity contribution in [3.05, 3.63) is 51.0 Å². The zero-order valence-corrected chi connectivity index (χ0v) is 13.8. The van der Waals surface area contributed by atoms with Gasteiger partial charge < -0.3 is 14.4 Å². The van der Waals surface area contributed by atoms with Crippen molar-refractivity contribution in [1.82, 2.24) is 10.1 Å². The van der Waals surface area contributed by atoms with Crippen LogP contribution in [0, 0.1) is 10.1 Å². The van der Waals surface area contributed by atoms with Gasteiger partial charge in [0.2, 0.25) is 11.6 Å². The average Bonchev–Trinajstić information content (AvgIpc) is 3.05. The molecular weight excluding hydrogens is 382 g/mol. The largest absolute Gasteiger partial charge is 0.500 e. The van der Waals surface area contributed by atoms with E-state index < -0.39 is 16.4 Å². The van der Waals surface area contributed by atoms with E-state index in [0.717, 1.165) is 16.1 Å². The second kappa shape index (κ2) is 6.28. The molecule has 0 saturated carbocycles. The van der Waals surface area contributed by atoms with Gasteiger partial charge in [-0.25, -0.2) is 0 Å². The third-order valence-corrected chi connectivity index (χ3v) is 3.78. The molecule has 0 unspecified atom stereocenters. The molecule has 2 aromatic carbocycles. The molecule has 0 fully saturated rings. The Kier molecular flexibility index (Phi) is 4.17. The number of rotatable bonds is 4. The molecular formula is C15H10BrN3O5. The second-order valence-electron chi connectivity index (χ2n) is 4.73. The van der Waals surface area contributed by atoms with Gasteiger partial charge in [-0.1, -0.05) is 21.1 Å². The van der Waals surface area contributed by atoms with E-state index in [0.29, 0.717) is 5.82 Å². The molecule has 1 N–H and O–H groups in total. The number of nitrogens with zero attached hydrogens (tertiary/aromatic N) is 3. The fourth-order valence-corrected chi connectivity index (χ4v) is 2.33. The molecule has 3 aromatic rings. The Labute approximate surface area is 144 Å². The highest BCUT2D eigenvalue weighted by molar-refractivity contribution is 9.10. The van der Waals surface area contributed by atoms with Gasteiger partial charge in [0.25, 0.3) is 5.89 Å². The summed E-state index contributed by atoms with van der Waals surface area (Å²) in [5.74, 6) is -0.192. The number of phenolic OH excluding ortho intramolecular Hbond substituents is 1. The van der Waals surface area contributed by atoms with E-state index in [9.17, 15) is 15.2 Å². The number of methoxy groups -OCH3 is 1. The van der Waals surface area contributed by atoms with Crippen molar-refractivity contribution in [3.8, 4) is 34.3 Å². The van der Waals surface area contributed by atoms with E-state index >= 15 is 0 Å². The first-order chi connectivity index (χ1) is 11.5. The Bertz CT molecular complexity index is 908. The van der Waals surface area contributed by atoms with E-state index in [2.05, 4.69) is 26.1 Å². The number of nitro benzene ring substituents is 1. The Morgan fingerprint density at radius 1 is 1.25 bits per heavy atom. The number of ether oxygens (including phenoxy) is 1.